The van der Waals surface area contributed by atoms with E-state index in [1.165, 1.54) is 32.4 Å². The third kappa shape index (κ3) is 6.28. The van der Waals surface area contributed by atoms with Crippen LogP contribution in [-0.4, -0.2) is 49.5 Å². The number of piperidine rings is 1. The molecule has 23 heavy (non-hydrogen) atoms. The number of hydrogen-bond acceptors (Lipinski definition) is 4. The summed E-state index contributed by atoms with van der Waals surface area (Å²) >= 11 is 0. The van der Waals surface area contributed by atoms with E-state index < -0.39 is 5.91 Å². The molecule has 1 heterocycles. The molecule has 6 heteroatoms. The van der Waals surface area contributed by atoms with E-state index in [1.807, 2.05) is 0 Å². The van der Waals surface area contributed by atoms with Gasteiger partial charge >= 0.3 is 0 Å². The molecule has 0 atom stereocenters. The number of nitrogens with two attached hydrogens (primary N) is 1. The quantitative estimate of drug-likeness (QED) is 0.704. The fraction of sp³-hybridized carbons (Fsp3) is 0.529. The van der Waals surface area contributed by atoms with E-state index in [-0.39, 0.29) is 12.5 Å². The highest BCUT2D eigenvalue weighted by atomic mass is 16.5. The van der Waals surface area contributed by atoms with E-state index in [0.29, 0.717) is 17.9 Å². The maximum Gasteiger partial charge on any atom is 0.255 e. The van der Waals surface area contributed by atoms with Gasteiger partial charge in [-0.15, -0.1) is 0 Å². The Kier molecular flexibility index (Phi) is 6.87. The molecule has 0 unspecified atom stereocenters. The molecule has 2 amide bonds. The summed E-state index contributed by atoms with van der Waals surface area (Å²) in [6, 6.07) is 6.67. The van der Waals surface area contributed by atoms with Crippen molar-refractivity contribution >= 4 is 11.8 Å². The second-order valence-corrected chi connectivity index (χ2v) is 5.79. The number of nitrogens with one attached hydrogen (secondary N) is 1. The van der Waals surface area contributed by atoms with Crippen LogP contribution in [0.15, 0.2) is 24.3 Å². The van der Waals surface area contributed by atoms with Crippen molar-refractivity contribution in [3.05, 3.63) is 29.8 Å². The molecule has 1 aromatic carbocycles. The van der Waals surface area contributed by atoms with Gasteiger partial charge in [-0.25, -0.2) is 0 Å². The van der Waals surface area contributed by atoms with Crippen LogP contribution in [0.5, 0.6) is 5.75 Å². The van der Waals surface area contributed by atoms with Crippen LogP contribution in [0.2, 0.25) is 0 Å². The average Bonchev–Trinajstić information content (AvgIpc) is 2.58. The standard InChI is InChI=1S/C17H25N3O3/c18-16(21)13-23-15-7-5-14(6-8-15)17(22)19-9-4-12-20-10-2-1-3-11-20/h5-8H,1-4,9-13H2,(H2,18,21)(H,19,22). The van der Waals surface area contributed by atoms with E-state index in [2.05, 4.69) is 10.2 Å². The normalized spacial score (nSPS) is 15.1. The van der Waals surface area contributed by atoms with Gasteiger partial charge in [-0.2, -0.15) is 0 Å². The molecule has 2 rings (SSSR count). The van der Waals surface area contributed by atoms with E-state index in [9.17, 15) is 9.59 Å². The summed E-state index contributed by atoms with van der Waals surface area (Å²) in [5, 5.41) is 2.93. The van der Waals surface area contributed by atoms with Gasteiger partial charge in [-0.05, 0) is 63.2 Å². The molecule has 0 spiro atoms. The smallest absolute Gasteiger partial charge is 0.255 e. The molecule has 0 saturated carbocycles. The monoisotopic (exact) mass is 319 g/mol. The number of carbonyl (C=O) groups excluding carboxylic acids is 2. The van der Waals surface area contributed by atoms with Crippen molar-refractivity contribution in [3.8, 4) is 5.75 Å². The highest BCUT2D eigenvalue weighted by Crippen LogP contribution is 2.12. The topological polar surface area (TPSA) is 84.7 Å². The number of benzene rings is 1. The Labute approximate surface area is 137 Å². The van der Waals surface area contributed by atoms with Gasteiger partial charge in [-0.3, -0.25) is 9.59 Å². The minimum atomic E-state index is -0.527. The molecule has 3 N–H and O–H groups in total. The zero-order valence-electron chi connectivity index (χ0n) is 13.4. The van der Waals surface area contributed by atoms with Gasteiger partial charge in [0.25, 0.3) is 11.8 Å². The third-order valence-corrected chi connectivity index (χ3v) is 3.88. The molecule has 0 radical (unpaired) electrons. The Morgan fingerprint density at radius 3 is 2.48 bits per heavy atom. The number of rotatable bonds is 8. The van der Waals surface area contributed by atoms with Crippen molar-refractivity contribution in [2.24, 2.45) is 5.73 Å². The number of primary amides is 1. The molecule has 1 aromatic rings. The lowest BCUT2D eigenvalue weighted by Crippen LogP contribution is -2.33. The molecular weight excluding hydrogens is 294 g/mol. The molecule has 0 aliphatic carbocycles. The Hall–Kier alpha value is -2.08. The molecular formula is C17H25N3O3. The lowest BCUT2D eigenvalue weighted by Gasteiger charge is -2.26. The molecule has 1 aliphatic rings. The summed E-state index contributed by atoms with van der Waals surface area (Å²) in [6.07, 6.45) is 4.88. The Balaban J connectivity index is 1.67. The minimum Gasteiger partial charge on any atom is -0.484 e. The molecule has 1 aliphatic heterocycles. The van der Waals surface area contributed by atoms with Gasteiger partial charge in [0.15, 0.2) is 6.61 Å². The van der Waals surface area contributed by atoms with Gasteiger partial charge in [0.05, 0.1) is 0 Å². The molecule has 1 fully saturated rings. The molecule has 126 valence electrons. The maximum atomic E-state index is 12.0. The van der Waals surface area contributed by atoms with Crippen LogP contribution in [0.25, 0.3) is 0 Å². The molecule has 1 saturated heterocycles. The van der Waals surface area contributed by atoms with Crippen LogP contribution in [0.1, 0.15) is 36.0 Å². The zero-order chi connectivity index (χ0) is 16.5. The SMILES string of the molecule is NC(=O)COc1ccc(C(=O)NCCCN2CCCCC2)cc1. The number of amides is 2. The first-order valence-corrected chi connectivity index (χ1v) is 8.17. The van der Waals surface area contributed by atoms with Crippen LogP contribution in [-0.2, 0) is 4.79 Å². The van der Waals surface area contributed by atoms with Crippen molar-refractivity contribution in [1.82, 2.24) is 10.2 Å². The van der Waals surface area contributed by atoms with Crippen molar-refractivity contribution in [2.75, 3.05) is 32.8 Å². The summed E-state index contributed by atoms with van der Waals surface area (Å²) in [5.74, 6) is -0.101. The van der Waals surface area contributed by atoms with Crippen molar-refractivity contribution in [1.29, 1.82) is 0 Å². The van der Waals surface area contributed by atoms with E-state index >= 15 is 0 Å². The summed E-state index contributed by atoms with van der Waals surface area (Å²) in [5.41, 5.74) is 5.59. The summed E-state index contributed by atoms with van der Waals surface area (Å²) < 4.78 is 5.16. The van der Waals surface area contributed by atoms with Crippen molar-refractivity contribution in [3.63, 3.8) is 0 Å². The Morgan fingerprint density at radius 2 is 1.83 bits per heavy atom. The predicted octanol–water partition coefficient (Wildman–Crippen LogP) is 1.16. The summed E-state index contributed by atoms with van der Waals surface area (Å²) in [4.78, 5) is 25.1. The van der Waals surface area contributed by atoms with Gasteiger partial charge in [0.1, 0.15) is 5.75 Å². The van der Waals surface area contributed by atoms with E-state index in [1.54, 1.807) is 24.3 Å². The van der Waals surface area contributed by atoms with E-state index in [4.69, 9.17) is 10.5 Å². The summed E-state index contributed by atoms with van der Waals surface area (Å²) in [7, 11) is 0. The number of likely N-dealkylation sites (tertiary alicyclic amines) is 1. The molecule has 6 nitrogen and oxygen atoms in total. The Morgan fingerprint density at radius 1 is 1.13 bits per heavy atom. The molecule has 0 aromatic heterocycles. The Bertz CT molecular complexity index is 510. The largest absolute Gasteiger partial charge is 0.484 e. The predicted molar refractivity (Wildman–Crippen MR) is 88.4 cm³/mol. The van der Waals surface area contributed by atoms with Crippen molar-refractivity contribution < 1.29 is 14.3 Å². The van der Waals surface area contributed by atoms with Crippen LogP contribution < -0.4 is 15.8 Å². The lowest BCUT2D eigenvalue weighted by atomic mass is 10.1. The number of ether oxygens (including phenoxy) is 1. The number of nitrogens with zero attached hydrogens (tertiary/aromatic N) is 1. The van der Waals surface area contributed by atoms with Crippen LogP contribution in [0, 0.1) is 0 Å². The van der Waals surface area contributed by atoms with Gasteiger partial charge in [-0.1, -0.05) is 6.42 Å². The third-order valence-electron chi connectivity index (χ3n) is 3.88. The number of hydrogen-bond donors (Lipinski definition) is 2. The van der Waals surface area contributed by atoms with Crippen LogP contribution >= 0.6 is 0 Å². The highest BCUT2D eigenvalue weighted by molar-refractivity contribution is 5.94. The average molecular weight is 319 g/mol. The fourth-order valence-corrected chi connectivity index (χ4v) is 2.65. The lowest BCUT2D eigenvalue weighted by molar-refractivity contribution is -0.119. The van der Waals surface area contributed by atoms with Gasteiger partial charge < -0.3 is 20.7 Å². The van der Waals surface area contributed by atoms with Gasteiger partial charge in [0.2, 0.25) is 0 Å². The minimum absolute atomic E-state index is 0.0925. The second-order valence-electron chi connectivity index (χ2n) is 5.79. The van der Waals surface area contributed by atoms with Gasteiger partial charge in [0, 0.05) is 12.1 Å². The maximum absolute atomic E-state index is 12.0. The first-order chi connectivity index (χ1) is 11.1. The highest BCUT2D eigenvalue weighted by Gasteiger charge is 2.10. The number of carbonyl (C=O) groups is 2. The molecule has 0 bridgehead atoms. The zero-order valence-corrected chi connectivity index (χ0v) is 13.4. The first-order valence-electron chi connectivity index (χ1n) is 8.17. The second kappa shape index (κ2) is 9.15. The fourth-order valence-electron chi connectivity index (χ4n) is 2.65. The first kappa shape index (κ1) is 17.3. The van der Waals surface area contributed by atoms with Crippen molar-refractivity contribution in [2.45, 2.75) is 25.7 Å². The van der Waals surface area contributed by atoms with E-state index in [0.717, 1.165) is 13.0 Å². The van der Waals surface area contributed by atoms with Crippen LogP contribution in [0.4, 0.5) is 0 Å². The summed E-state index contributed by atoms with van der Waals surface area (Å²) in [6.45, 7) is 3.92. The van der Waals surface area contributed by atoms with Crippen LogP contribution in [0.3, 0.4) is 0 Å².